The smallest absolute Gasteiger partial charge is 0.221 e. The first kappa shape index (κ1) is 16.4. The van der Waals surface area contributed by atoms with E-state index >= 15 is 0 Å². The molecule has 0 bridgehead atoms. The second kappa shape index (κ2) is 8.49. The summed E-state index contributed by atoms with van der Waals surface area (Å²) in [6.45, 7) is 3.84. The number of aryl methyl sites for hydroxylation is 1. The van der Waals surface area contributed by atoms with Gasteiger partial charge in [0.1, 0.15) is 12.9 Å². The molecule has 0 aliphatic rings. The average molecular weight is 300 g/mol. The zero-order valence-electron chi connectivity index (χ0n) is 13.4. The molecule has 0 aliphatic carbocycles. The van der Waals surface area contributed by atoms with Crippen molar-refractivity contribution in [2.45, 2.75) is 26.2 Å². The molecule has 2 rings (SSSR count). The van der Waals surface area contributed by atoms with E-state index in [-0.39, 0.29) is 0 Å². The summed E-state index contributed by atoms with van der Waals surface area (Å²) in [4.78, 5) is 17.1. The van der Waals surface area contributed by atoms with Gasteiger partial charge in [-0.15, -0.1) is 0 Å². The second-order valence-electron chi connectivity index (χ2n) is 5.52. The quantitative estimate of drug-likeness (QED) is 0.667. The summed E-state index contributed by atoms with van der Waals surface area (Å²) in [5, 5.41) is 2.21. The summed E-state index contributed by atoms with van der Waals surface area (Å²) in [7, 11) is 1.90. The van der Waals surface area contributed by atoms with Crippen molar-refractivity contribution in [3.63, 3.8) is 0 Å². The van der Waals surface area contributed by atoms with Gasteiger partial charge in [-0.3, -0.25) is 4.90 Å². The zero-order valence-corrected chi connectivity index (χ0v) is 13.4. The predicted octanol–water partition coefficient (Wildman–Crippen LogP) is 3.09. The Bertz CT molecular complexity index is 613. The van der Waals surface area contributed by atoms with Crippen molar-refractivity contribution in [2.75, 3.05) is 26.7 Å². The van der Waals surface area contributed by atoms with E-state index in [9.17, 15) is 4.79 Å². The highest BCUT2D eigenvalue weighted by atomic mass is 16.5. The molecule has 0 aliphatic heterocycles. The van der Waals surface area contributed by atoms with E-state index in [0.29, 0.717) is 25.6 Å². The van der Waals surface area contributed by atoms with Crippen LogP contribution in [-0.2, 0) is 11.2 Å². The summed E-state index contributed by atoms with van der Waals surface area (Å²) in [5.74, 6) is 0.698. The Kier molecular flexibility index (Phi) is 6.34. The number of fused-ring (bicyclic) bond motifs is 1. The van der Waals surface area contributed by atoms with Crippen molar-refractivity contribution in [1.82, 2.24) is 9.88 Å². The number of hydrogen-bond donors (Lipinski definition) is 0. The van der Waals surface area contributed by atoms with E-state index in [1.807, 2.05) is 30.1 Å². The predicted molar refractivity (Wildman–Crippen MR) is 89.4 cm³/mol. The molecule has 4 nitrogen and oxygen atoms in total. The number of likely N-dealkylation sites (N-methyl/N-ethyl adjacent to an activating group) is 1. The highest BCUT2D eigenvalue weighted by Gasteiger charge is 2.07. The molecule has 0 atom stereocenters. The summed E-state index contributed by atoms with van der Waals surface area (Å²) in [6, 6.07) is 10.3. The monoisotopic (exact) mass is 300 g/mol. The van der Waals surface area contributed by atoms with Crippen molar-refractivity contribution >= 4 is 17.1 Å². The molecule has 0 saturated carbocycles. The fourth-order valence-electron chi connectivity index (χ4n) is 2.33. The van der Waals surface area contributed by atoms with Crippen molar-refractivity contribution in [3.05, 3.63) is 36.0 Å². The normalized spacial score (nSPS) is 11.0. The SMILES string of the molecule is CCCCc1cc2ccccc2c(OCCN(C)CC=O)n1. The Hall–Kier alpha value is -1.94. The van der Waals surface area contributed by atoms with Crippen LogP contribution in [0.2, 0.25) is 0 Å². The van der Waals surface area contributed by atoms with E-state index in [1.165, 1.54) is 5.39 Å². The molecule has 1 aromatic heterocycles. The Morgan fingerprint density at radius 3 is 2.91 bits per heavy atom. The summed E-state index contributed by atoms with van der Waals surface area (Å²) < 4.78 is 5.89. The zero-order chi connectivity index (χ0) is 15.8. The van der Waals surface area contributed by atoms with E-state index in [4.69, 9.17) is 4.74 Å². The molecule has 0 radical (unpaired) electrons. The molecule has 118 valence electrons. The number of carbonyl (C=O) groups is 1. The van der Waals surface area contributed by atoms with E-state index in [2.05, 4.69) is 24.0 Å². The molecule has 2 aromatic rings. The van der Waals surface area contributed by atoms with Gasteiger partial charge in [-0.1, -0.05) is 31.5 Å². The number of carbonyl (C=O) groups excluding carboxylic acids is 1. The van der Waals surface area contributed by atoms with Crippen molar-refractivity contribution in [2.24, 2.45) is 0 Å². The molecule has 0 spiro atoms. The number of benzene rings is 1. The van der Waals surface area contributed by atoms with Gasteiger partial charge in [-0.2, -0.15) is 0 Å². The highest BCUT2D eigenvalue weighted by molar-refractivity contribution is 5.87. The molecular weight excluding hydrogens is 276 g/mol. The topological polar surface area (TPSA) is 42.4 Å². The minimum Gasteiger partial charge on any atom is -0.476 e. The van der Waals surface area contributed by atoms with Gasteiger partial charge in [0.25, 0.3) is 0 Å². The van der Waals surface area contributed by atoms with Crippen molar-refractivity contribution in [3.8, 4) is 5.88 Å². The number of nitrogens with zero attached hydrogens (tertiary/aromatic N) is 2. The number of rotatable bonds is 9. The molecule has 0 N–H and O–H groups in total. The first-order valence-corrected chi connectivity index (χ1v) is 7.88. The van der Waals surface area contributed by atoms with Crippen LogP contribution >= 0.6 is 0 Å². The van der Waals surface area contributed by atoms with E-state index in [0.717, 1.165) is 36.6 Å². The number of aromatic nitrogens is 1. The standard InChI is InChI=1S/C18H24N2O2/c1-3-4-8-16-14-15-7-5-6-9-17(15)18(19-16)22-13-11-20(2)10-12-21/h5-7,9,12,14H,3-4,8,10-11,13H2,1-2H3. The second-order valence-corrected chi connectivity index (χ2v) is 5.52. The maximum atomic E-state index is 10.5. The third-order valence-corrected chi connectivity index (χ3v) is 3.64. The summed E-state index contributed by atoms with van der Waals surface area (Å²) >= 11 is 0. The van der Waals surface area contributed by atoms with E-state index in [1.54, 1.807) is 0 Å². The van der Waals surface area contributed by atoms with Gasteiger partial charge < -0.3 is 9.53 Å². The largest absolute Gasteiger partial charge is 0.476 e. The van der Waals surface area contributed by atoms with Gasteiger partial charge in [0.15, 0.2) is 0 Å². The van der Waals surface area contributed by atoms with Crippen LogP contribution in [0.15, 0.2) is 30.3 Å². The first-order chi connectivity index (χ1) is 10.7. The lowest BCUT2D eigenvalue weighted by Gasteiger charge is -2.15. The van der Waals surface area contributed by atoms with Crippen LogP contribution in [0, 0.1) is 0 Å². The van der Waals surface area contributed by atoms with Gasteiger partial charge in [-0.05, 0) is 37.4 Å². The Balaban J connectivity index is 2.13. The molecule has 0 fully saturated rings. The lowest BCUT2D eigenvalue weighted by atomic mass is 10.1. The third-order valence-electron chi connectivity index (χ3n) is 3.64. The lowest BCUT2D eigenvalue weighted by molar-refractivity contribution is -0.108. The van der Waals surface area contributed by atoms with Gasteiger partial charge in [0, 0.05) is 17.6 Å². The van der Waals surface area contributed by atoms with Crippen LogP contribution in [0.3, 0.4) is 0 Å². The maximum Gasteiger partial charge on any atom is 0.221 e. The average Bonchev–Trinajstić information content (AvgIpc) is 2.53. The third kappa shape index (κ3) is 4.53. The fourth-order valence-corrected chi connectivity index (χ4v) is 2.33. The van der Waals surface area contributed by atoms with Gasteiger partial charge in [0.2, 0.25) is 5.88 Å². The van der Waals surface area contributed by atoms with Crippen LogP contribution < -0.4 is 4.74 Å². The fraction of sp³-hybridized carbons (Fsp3) is 0.444. The Morgan fingerprint density at radius 2 is 2.14 bits per heavy atom. The molecule has 22 heavy (non-hydrogen) atoms. The number of unbranched alkanes of at least 4 members (excludes halogenated alkanes) is 1. The van der Waals surface area contributed by atoms with Crippen molar-refractivity contribution in [1.29, 1.82) is 0 Å². The highest BCUT2D eigenvalue weighted by Crippen LogP contribution is 2.25. The molecule has 0 amide bonds. The Labute approximate surface area is 132 Å². The lowest BCUT2D eigenvalue weighted by Crippen LogP contribution is -2.26. The Morgan fingerprint density at radius 1 is 1.32 bits per heavy atom. The summed E-state index contributed by atoms with van der Waals surface area (Å²) in [6.07, 6.45) is 4.16. The van der Waals surface area contributed by atoms with Crippen LogP contribution in [0.1, 0.15) is 25.5 Å². The molecule has 0 unspecified atom stereocenters. The van der Waals surface area contributed by atoms with Crippen molar-refractivity contribution < 1.29 is 9.53 Å². The first-order valence-electron chi connectivity index (χ1n) is 7.88. The van der Waals surface area contributed by atoms with Gasteiger partial charge in [-0.25, -0.2) is 4.98 Å². The number of pyridine rings is 1. The van der Waals surface area contributed by atoms with E-state index < -0.39 is 0 Å². The van der Waals surface area contributed by atoms with Crippen LogP contribution in [0.25, 0.3) is 10.8 Å². The maximum absolute atomic E-state index is 10.5. The number of hydrogen-bond acceptors (Lipinski definition) is 4. The van der Waals surface area contributed by atoms with Gasteiger partial charge >= 0.3 is 0 Å². The number of aldehydes is 1. The molecular formula is C18H24N2O2. The van der Waals surface area contributed by atoms with Crippen LogP contribution in [-0.4, -0.2) is 42.9 Å². The molecule has 1 heterocycles. The van der Waals surface area contributed by atoms with Crippen LogP contribution in [0.4, 0.5) is 0 Å². The minimum atomic E-state index is 0.425. The van der Waals surface area contributed by atoms with Crippen LogP contribution in [0.5, 0.6) is 5.88 Å². The molecule has 4 heteroatoms. The number of ether oxygens (including phenoxy) is 1. The molecule has 1 aromatic carbocycles. The minimum absolute atomic E-state index is 0.425. The molecule has 0 saturated heterocycles. The summed E-state index contributed by atoms with van der Waals surface area (Å²) in [5.41, 5.74) is 1.08. The van der Waals surface area contributed by atoms with Gasteiger partial charge in [0.05, 0.1) is 6.54 Å².